The van der Waals surface area contributed by atoms with Crippen LogP contribution in [-0.2, 0) is 17.5 Å². The Morgan fingerprint density at radius 1 is 1.26 bits per heavy atom. The highest BCUT2D eigenvalue weighted by Crippen LogP contribution is 2.29. The van der Waals surface area contributed by atoms with Crippen LogP contribution < -0.4 is 5.73 Å². The summed E-state index contributed by atoms with van der Waals surface area (Å²) in [7, 11) is 1.59. The molecule has 0 amide bonds. The van der Waals surface area contributed by atoms with Crippen LogP contribution in [0.2, 0.25) is 0 Å². The predicted octanol–water partition coefficient (Wildman–Crippen LogP) is 2.11. The van der Waals surface area contributed by atoms with Gasteiger partial charge in [-0.3, -0.25) is 4.90 Å². The van der Waals surface area contributed by atoms with E-state index in [0.717, 1.165) is 6.07 Å². The molecule has 0 bridgehead atoms. The van der Waals surface area contributed by atoms with E-state index >= 15 is 0 Å². The van der Waals surface area contributed by atoms with E-state index < -0.39 is 11.7 Å². The number of ether oxygens (including phenoxy) is 1. The zero-order chi connectivity index (χ0) is 14.3. The molecular formula is C13H19F3N2O. The third kappa shape index (κ3) is 5.59. The molecule has 0 aliphatic rings. The van der Waals surface area contributed by atoms with Crippen LogP contribution in [0, 0.1) is 0 Å². The van der Waals surface area contributed by atoms with Crippen molar-refractivity contribution in [3.8, 4) is 0 Å². The van der Waals surface area contributed by atoms with Crippen molar-refractivity contribution in [3.63, 3.8) is 0 Å². The molecule has 0 fully saturated rings. The summed E-state index contributed by atoms with van der Waals surface area (Å²) in [6.07, 6.45) is -4.30. The lowest BCUT2D eigenvalue weighted by Gasteiger charge is -2.21. The molecule has 0 heterocycles. The summed E-state index contributed by atoms with van der Waals surface area (Å²) in [5.74, 6) is 0. The SMILES string of the molecule is COCCN(CCN)Cc1cccc(C(F)(F)F)c1. The van der Waals surface area contributed by atoms with Crippen LogP contribution in [0.25, 0.3) is 0 Å². The molecule has 0 radical (unpaired) electrons. The molecule has 19 heavy (non-hydrogen) atoms. The minimum atomic E-state index is -4.30. The Morgan fingerprint density at radius 3 is 2.58 bits per heavy atom. The number of nitrogens with two attached hydrogens (primary N) is 1. The molecule has 0 atom stereocenters. The van der Waals surface area contributed by atoms with Crippen LogP contribution in [0.3, 0.4) is 0 Å². The third-order valence-corrected chi connectivity index (χ3v) is 2.72. The number of hydrogen-bond acceptors (Lipinski definition) is 3. The van der Waals surface area contributed by atoms with Gasteiger partial charge in [-0.1, -0.05) is 18.2 Å². The summed E-state index contributed by atoms with van der Waals surface area (Å²) in [6, 6.07) is 5.36. The van der Waals surface area contributed by atoms with Crippen LogP contribution in [0.1, 0.15) is 11.1 Å². The van der Waals surface area contributed by atoms with Crippen molar-refractivity contribution in [2.75, 3.05) is 33.4 Å². The quantitative estimate of drug-likeness (QED) is 0.829. The van der Waals surface area contributed by atoms with Gasteiger partial charge in [0.05, 0.1) is 12.2 Å². The van der Waals surface area contributed by atoms with E-state index in [1.165, 1.54) is 12.1 Å². The molecule has 1 rings (SSSR count). The fourth-order valence-corrected chi connectivity index (χ4v) is 1.78. The van der Waals surface area contributed by atoms with Gasteiger partial charge in [-0.05, 0) is 11.6 Å². The van der Waals surface area contributed by atoms with E-state index in [1.54, 1.807) is 13.2 Å². The normalized spacial score (nSPS) is 12.1. The number of halogens is 3. The standard InChI is InChI=1S/C13H19F3N2O/c1-19-8-7-18(6-5-17)10-11-3-2-4-12(9-11)13(14,15)16/h2-4,9H,5-8,10,17H2,1H3. The molecule has 1 aromatic carbocycles. The Kier molecular flexibility index (Phi) is 6.27. The van der Waals surface area contributed by atoms with Gasteiger partial charge < -0.3 is 10.5 Å². The summed E-state index contributed by atoms with van der Waals surface area (Å²) < 4.78 is 42.8. The monoisotopic (exact) mass is 276 g/mol. The zero-order valence-electron chi connectivity index (χ0n) is 10.9. The number of nitrogens with zero attached hydrogens (tertiary/aromatic N) is 1. The summed E-state index contributed by atoms with van der Waals surface area (Å²) in [6.45, 7) is 2.69. The first kappa shape index (κ1) is 15.9. The molecule has 0 saturated carbocycles. The summed E-state index contributed by atoms with van der Waals surface area (Å²) in [4.78, 5) is 1.97. The highest BCUT2D eigenvalue weighted by atomic mass is 19.4. The van der Waals surface area contributed by atoms with Crippen molar-refractivity contribution in [1.82, 2.24) is 4.90 Å². The molecule has 1 aromatic rings. The van der Waals surface area contributed by atoms with Gasteiger partial charge >= 0.3 is 6.18 Å². The molecule has 2 N–H and O–H groups in total. The van der Waals surface area contributed by atoms with Crippen molar-refractivity contribution in [2.24, 2.45) is 5.73 Å². The Bertz CT molecular complexity index is 382. The average Bonchev–Trinajstić information content (AvgIpc) is 2.35. The molecule has 0 aliphatic heterocycles. The summed E-state index contributed by atoms with van der Waals surface area (Å²) in [5, 5.41) is 0. The van der Waals surface area contributed by atoms with Gasteiger partial charge in [0, 0.05) is 33.3 Å². The van der Waals surface area contributed by atoms with Gasteiger partial charge in [0.25, 0.3) is 0 Å². The lowest BCUT2D eigenvalue weighted by Crippen LogP contribution is -2.32. The van der Waals surface area contributed by atoms with Crippen molar-refractivity contribution < 1.29 is 17.9 Å². The number of methoxy groups -OCH3 is 1. The van der Waals surface area contributed by atoms with Crippen molar-refractivity contribution in [3.05, 3.63) is 35.4 Å². The second kappa shape index (κ2) is 7.47. The lowest BCUT2D eigenvalue weighted by molar-refractivity contribution is -0.137. The highest BCUT2D eigenvalue weighted by Gasteiger charge is 2.30. The third-order valence-electron chi connectivity index (χ3n) is 2.72. The molecule has 0 spiro atoms. The van der Waals surface area contributed by atoms with Gasteiger partial charge in [-0.25, -0.2) is 0 Å². The van der Waals surface area contributed by atoms with E-state index in [9.17, 15) is 13.2 Å². The highest BCUT2D eigenvalue weighted by molar-refractivity contribution is 5.25. The van der Waals surface area contributed by atoms with Gasteiger partial charge in [-0.2, -0.15) is 13.2 Å². The average molecular weight is 276 g/mol. The topological polar surface area (TPSA) is 38.5 Å². The maximum atomic E-state index is 12.6. The van der Waals surface area contributed by atoms with E-state index in [-0.39, 0.29) is 0 Å². The first-order valence-corrected chi connectivity index (χ1v) is 6.05. The second-order valence-electron chi connectivity index (χ2n) is 4.26. The minimum absolute atomic E-state index is 0.435. The number of alkyl halides is 3. The van der Waals surface area contributed by atoms with E-state index in [1.807, 2.05) is 4.90 Å². The number of hydrogen-bond donors (Lipinski definition) is 1. The first-order valence-electron chi connectivity index (χ1n) is 6.05. The molecule has 0 aliphatic carbocycles. The Hall–Kier alpha value is -1.11. The smallest absolute Gasteiger partial charge is 0.383 e. The molecular weight excluding hydrogens is 257 g/mol. The van der Waals surface area contributed by atoms with E-state index in [0.29, 0.717) is 38.3 Å². The molecule has 108 valence electrons. The van der Waals surface area contributed by atoms with Gasteiger partial charge in [0.1, 0.15) is 0 Å². The molecule has 0 unspecified atom stereocenters. The maximum Gasteiger partial charge on any atom is 0.416 e. The van der Waals surface area contributed by atoms with Gasteiger partial charge in [-0.15, -0.1) is 0 Å². The van der Waals surface area contributed by atoms with Crippen LogP contribution in [0.4, 0.5) is 13.2 Å². The van der Waals surface area contributed by atoms with Gasteiger partial charge in [0.2, 0.25) is 0 Å². The van der Waals surface area contributed by atoms with Crippen molar-refractivity contribution in [1.29, 1.82) is 0 Å². The fraction of sp³-hybridized carbons (Fsp3) is 0.538. The predicted molar refractivity (Wildman–Crippen MR) is 67.7 cm³/mol. The van der Waals surface area contributed by atoms with E-state index in [4.69, 9.17) is 10.5 Å². The zero-order valence-corrected chi connectivity index (χ0v) is 10.9. The van der Waals surface area contributed by atoms with Gasteiger partial charge in [0.15, 0.2) is 0 Å². The largest absolute Gasteiger partial charge is 0.416 e. The summed E-state index contributed by atoms with van der Waals surface area (Å²) in [5.41, 5.74) is 5.50. The Labute approximate surface area is 111 Å². The molecule has 0 aromatic heterocycles. The number of benzene rings is 1. The van der Waals surface area contributed by atoms with Crippen molar-refractivity contribution >= 4 is 0 Å². The maximum absolute atomic E-state index is 12.6. The van der Waals surface area contributed by atoms with Crippen LogP contribution in [0.5, 0.6) is 0 Å². The van der Waals surface area contributed by atoms with Crippen LogP contribution >= 0.6 is 0 Å². The summed E-state index contributed by atoms with van der Waals surface area (Å²) >= 11 is 0. The van der Waals surface area contributed by atoms with Crippen LogP contribution in [0.15, 0.2) is 24.3 Å². The Morgan fingerprint density at radius 2 is 2.00 bits per heavy atom. The van der Waals surface area contributed by atoms with E-state index in [2.05, 4.69) is 0 Å². The molecule has 6 heteroatoms. The Balaban J connectivity index is 2.73. The lowest BCUT2D eigenvalue weighted by atomic mass is 10.1. The van der Waals surface area contributed by atoms with Crippen LogP contribution in [-0.4, -0.2) is 38.3 Å². The molecule has 3 nitrogen and oxygen atoms in total. The second-order valence-corrected chi connectivity index (χ2v) is 4.26. The minimum Gasteiger partial charge on any atom is -0.383 e. The number of rotatable bonds is 7. The van der Waals surface area contributed by atoms with Crippen molar-refractivity contribution in [2.45, 2.75) is 12.7 Å². The molecule has 0 saturated heterocycles. The fourth-order valence-electron chi connectivity index (χ4n) is 1.78. The first-order chi connectivity index (χ1) is 8.97.